The number of ether oxygens (including phenoxy) is 1. The summed E-state index contributed by atoms with van der Waals surface area (Å²) in [7, 11) is 0. The molecule has 25 heavy (non-hydrogen) atoms. The standard InChI is InChI=1S/C21H19Cl2NO/c1-15-20(23)6-3-7-21(15)24-13-16-8-10-19(11-9-16)25-14-17-4-2-5-18(22)12-17/h2-12,24H,13-14H2,1H3. The van der Waals surface area contributed by atoms with Crippen molar-refractivity contribution in [1.29, 1.82) is 0 Å². The first-order valence-electron chi connectivity index (χ1n) is 8.07. The van der Waals surface area contributed by atoms with Crippen LogP contribution in [0, 0.1) is 6.92 Å². The van der Waals surface area contributed by atoms with E-state index < -0.39 is 0 Å². The highest BCUT2D eigenvalue weighted by atomic mass is 35.5. The molecule has 128 valence electrons. The van der Waals surface area contributed by atoms with Crippen molar-refractivity contribution in [3.05, 3.63) is 93.5 Å². The summed E-state index contributed by atoms with van der Waals surface area (Å²) >= 11 is 12.1. The third-order valence-corrected chi connectivity index (χ3v) is 4.61. The number of hydrogen-bond acceptors (Lipinski definition) is 2. The molecule has 0 radical (unpaired) electrons. The minimum atomic E-state index is 0.500. The fraction of sp³-hybridized carbons (Fsp3) is 0.143. The zero-order chi connectivity index (χ0) is 17.6. The lowest BCUT2D eigenvalue weighted by molar-refractivity contribution is 0.306. The summed E-state index contributed by atoms with van der Waals surface area (Å²) in [5.74, 6) is 0.836. The van der Waals surface area contributed by atoms with E-state index in [4.69, 9.17) is 27.9 Å². The van der Waals surface area contributed by atoms with Crippen molar-refractivity contribution in [2.24, 2.45) is 0 Å². The number of nitrogens with one attached hydrogen (secondary N) is 1. The summed E-state index contributed by atoms with van der Waals surface area (Å²) in [6.45, 7) is 3.24. The van der Waals surface area contributed by atoms with Gasteiger partial charge in [0.2, 0.25) is 0 Å². The molecule has 0 unspecified atom stereocenters. The molecule has 3 aromatic rings. The molecule has 0 spiro atoms. The molecule has 0 aromatic heterocycles. The van der Waals surface area contributed by atoms with Crippen LogP contribution in [-0.4, -0.2) is 0 Å². The van der Waals surface area contributed by atoms with Crippen molar-refractivity contribution < 1.29 is 4.74 Å². The van der Waals surface area contributed by atoms with Crippen LogP contribution in [0.3, 0.4) is 0 Å². The normalized spacial score (nSPS) is 10.5. The monoisotopic (exact) mass is 371 g/mol. The minimum absolute atomic E-state index is 0.500. The number of rotatable bonds is 6. The lowest BCUT2D eigenvalue weighted by Crippen LogP contribution is -2.01. The smallest absolute Gasteiger partial charge is 0.119 e. The van der Waals surface area contributed by atoms with E-state index in [0.717, 1.165) is 39.2 Å². The molecule has 0 amide bonds. The van der Waals surface area contributed by atoms with Crippen LogP contribution >= 0.6 is 23.2 Å². The molecule has 2 nitrogen and oxygen atoms in total. The molecule has 3 aromatic carbocycles. The third kappa shape index (κ3) is 4.91. The van der Waals surface area contributed by atoms with Gasteiger partial charge in [-0.15, -0.1) is 0 Å². The van der Waals surface area contributed by atoms with Gasteiger partial charge in [0.05, 0.1) is 0 Å². The van der Waals surface area contributed by atoms with Crippen LogP contribution < -0.4 is 10.1 Å². The molecule has 4 heteroatoms. The second kappa shape index (κ2) is 8.28. The Morgan fingerprint density at radius 1 is 0.880 bits per heavy atom. The van der Waals surface area contributed by atoms with Crippen molar-refractivity contribution in [3.8, 4) is 5.75 Å². The number of anilines is 1. The SMILES string of the molecule is Cc1c(Cl)cccc1NCc1ccc(OCc2cccc(Cl)c2)cc1. The van der Waals surface area contributed by atoms with E-state index in [0.29, 0.717) is 6.61 Å². The lowest BCUT2D eigenvalue weighted by atomic mass is 10.1. The van der Waals surface area contributed by atoms with E-state index in [1.807, 2.05) is 61.5 Å². The van der Waals surface area contributed by atoms with Gasteiger partial charge in [-0.2, -0.15) is 0 Å². The average molecular weight is 372 g/mol. The summed E-state index contributed by atoms with van der Waals surface area (Å²) in [6.07, 6.45) is 0. The van der Waals surface area contributed by atoms with Gasteiger partial charge in [0, 0.05) is 22.3 Å². The summed E-state index contributed by atoms with van der Waals surface area (Å²) in [5.41, 5.74) is 4.34. The van der Waals surface area contributed by atoms with E-state index in [2.05, 4.69) is 17.4 Å². The third-order valence-electron chi connectivity index (χ3n) is 3.97. The Bertz CT molecular complexity index is 847. The molecule has 0 bridgehead atoms. The Labute approximate surface area is 158 Å². The molecule has 0 heterocycles. The van der Waals surface area contributed by atoms with Crippen molar-refractivity contribution in [2.45, 2.75) is 20.1 Å². The summed E-state index contributed by atoms with van der Waals surface area (Å²) < 4.78 is 5.80. The van der Waals surface area contributed by atoms with Crippen molar-refractivity contribution >= 4 is 28.9 Å². The molecule has 0 atom stereocenters. The number of hydrogen-bond donors (Lipinski definition) is 1. The second-order valence-electron chi connectivity index (χ2n) is 5.83. The molecule has 0 saturated heterocycles. The molecule has 0 aliphatic heterocycles. The van der Waals surface area contributed by atoms with Crippen LogP contribution in [0.15, 0.2) is 66.7 Å². The van der Waals surface area contributed by atoms with Gasteiger partial charge >= 0.3 is 0 Å². The quantitative estimate of drug-likeness (QED) is 0.534. The Morgan fingerprint density at radius 2 is 1.64 bits per heavy atom. The van der Waals surface area contributed by atoms with Gasteiger partial charge in [0.1, 0.15) is 12.4 Å². The Balaban J connectivity index is 1.56. The van der Waals surface area contributed by atoms with Gasteiger partial charge in [0.15, 0.2) is 0 Å². The molecule has 0 saturated carbocycles. The topological polar surface area (TPSA) is 21.3 Å². The zero-order valence-corrected chi connectivity index (χ0v) is 15.4. The minimum Gasteiger partial charge on any atom is -0.489 e. The van der Waals surface area contributed by atoms with Gasteiger partial charge in [-0.05, 0) is 60.0 Å². The van der Waals surface area contributed by atoms with Crippen LogP contribution in [0.25, 0.3) is 0 Å². The highest BCUT2D eigenvalue weighted by molar-refractivity contribution is 6.31. The maximum Gasteiger partial charge on any atom is 0.119 e. The van der Waals surface area contributed by atoms with Crippen LogP contribution in [0.5, 0.6) is 5.75 Å². The summed E-state index contributed by atoms with van der Waals surface area (Å²) in [4.78, 5) is 0. The van der Waals surface area contributed by atoms with Crippen molar-refractivity contribution in [1.82, 2.24) is 0 Å². The average Bonchev–Trinajstić information content (AvgIpc) is 2.62. The first kappa shape index (κ1) is 17.7. The Morgan fingerprint density at radius 3 is 2.40 bits per heavy atom. The van der Waals surface area contributed by atoms with Gasteiger partial charge in [0.25, 0.3) is 0 Å². The van der Waals surface area contributed by atoms with E-state index in [1.165, 1.54) is 5.56 Å². The van der Waals surface area contributed by atoms with Crippen LogP contribution in [0.1, 0.15) is 16.7 Å². The van der Waals surface area contributed by atoms with Crippen molar-refractivity contribution in [2.75, 3.05) is 5.32 Å². The number of benzene rings is 3. The zero-order valence-electron chi connectivity index (χ0n) is 13.9. The first-order chi connectivity index (χ1) is 12.1. The predicted octanol–water partition coefficient (Wildman–Crippen LogP) is 6.49. The van der Waals surface area contributed by atoms with E-state index in [9.17, 15) is 0 Å². The molecule has 0 aliphatic carbocycles. The lowest BCUT2D eigenvalue weighted by Gasteiger charge is -2.11. The number of halogens is 2. The van der Waals surface area contributed by atoms with E-state index in [1.54, 1.807) is 0 Å². The van der Waals surface area contributed by atoms with Gasteiger partial charge in [-0.25, -0.2) is 0 Å². The molecular weight excluding hydrogens is 353 g/mol. The maximum atomic E-state index is 6.15. The Kier molecular flexibility index (Phi) is 5.85. The van der Waals surface area contributed by atoms with Gasteiger partial charge < -0.3 is 10.1 Å². The fourth-order valence-corrected chi connectivity index (χ4v) is 2.88. The molecule has 1 N–H and O–H groups in total. The highest BCUT2D eigenvalue weighted by Crippen LogP contribution is 2.24. The highest BCUT2D eigenvalue weighted by Gasteiger charge is 2.02. The molecule has 0 aliphatic rings. The molecular formula is C21H19Cl2NO. The van der Waals surface area contributed by atoms with Crippen LogP contribution in [-0.2, 0) is 13.2 Å². The largest absolute Gasteiger partial charge is 0.489 e. The van der Waals surface area contributed by atoms with Crippen molar-refractivity contribution in [3.63, 3.8) is 0 Å². The fourth-order valence-electron chi connectivity index (χ4n) is 2.49. The van der Waals surface area contributed by atoms with Crippen LogP contribution in [0.2, 0.25) is 10.0 Å². The first-order valence-corrected chi connectivity index (χ1v) is 8.82. The predicted molar refractivity (Wildman–Crippen MR) is 106 cm³/mol. The van der Waals surface area contributed by atoms with Gasteiger partial charge in [-0.1, -0.05) is 53.5 Å². The van der Waals surface area contributed by atoms with Crippen LogP contribution in [0.4, 0.5) is 5.69 Å². The second-order valence-corrected chi connectivity index (χ2v) is 6.67. The maximum absolute atomic E-state index is 6.15. The summed E-state index contributed by atoms with van der Waals surface area (Å²) in [5, 5.41) is 4.91. The summed E-state index contributed by atoms with van der Waals surface area (Å²) in [6, 6.07) is 21.6. The molecule has 0 fully saturated rings. The molecule has 3 rings (SSSR count). The van der Waals surface area contributed by atoms with E-state index in [-0.39, 0.29) is 0 Å². The Hall–Kier alpha value is -2.16. The van der Waals surface area contributed by atoms with Gasteiger partial charge in [-0.3, -0.25) is 0 Å². The van der Waals surface area contributed by atoms with E-state index >= 15 is 0 Å².